The van der Waals surface area contributed by atoms with Crippen LogP contribution in [0.5, 0.6) is 5.75 Å². The summed E-state index contributed by atoms with van der Waals surface area (Å²) in [6.07, 6.45) is 1.41. The summed E-state index contributed by atoms with van der Waals surface area (Å²) in [6.45, 7) is 3.27. The second kappa shape index (κ2) is 5.73. The number of rotatable bonds is 3. The molecule has 0 radical (unpaired) electrons. The van der Waals surface area contributed by atoms with Gasteiger partial charge in [0.15, 0.2) is 6.10 Å². The highest BCUT2D eigenvalue weighted by atomic mass is 32.1. The first-order valence-corrected chi connectivity index (χ1v) is 7.62. The van der Waals surface area contributed by atoms with E-state index in [1.165, 1.54) is 4.88 Å². The number of para-hydroxylation sites is 2. The van der Waals surface area contributed by atoms with Crippen molar-refractivity contribution in [3.05, 3.63) is 40.3 Å². The van der Waals surface area contributed by atoms with Gasteiger partial charge in [0.05, 0.1) is 23.8 Å². The molecule has 0 saturated heterocycles. The topological polar surface area (TPSA) is 54.5 Å². The van der Waals surface area contributed by atoms with Crippen LogP contribution < -0.4 is 15.0 Å². The summed E-state index contributed by atoms with van der Waals surface area (Å²) in [4.78, 5) is 19.5. The van der Waals surface area contributed by atoms with Gasteiger partial charge in [0.2, 0.25) is 0 Å². The van der Waals surface area contributed by atoms with Crippen molar-refractivity contribution in [2.75, 3.05) is 18.5 Å². The fraction of sp³-hybridized carbons (Fsp3) is 0.333. The van der Waals surface area contributed by atoms with Gasteiger partial charge in [-0.1, -0.05) is 12.1 Å². The molecule has 2 aromatic rings. The third-order valence-corrected chi connectivity index (χ3v) is 4.31. The number of fused-ring (bicyclic) bond motifs is 1. The van der Waals surface area contributed by atoms with Crippen molar-refractivity contribution < 1.29 is 9.53 Å². The summed E-state index contributed by atoms with van der Waals surface area (Å²) in [5.41, 5.74) is 1.02. The number of ether oxygens (including phenoxy) is 1. The van der Waals surface area contributed by atoms with Crippen LogP contribution in [0.25, 0.3) is 0 Å². The quantitative estimate of drug-likeness (QED) is 0.942. The number of carbonyl (C=O) groups excluding carboxylic acids is 1. The molecule has 0 bridgehead atoms. The maximum absolute atomic E-state index is 11.9. The van der Waals surface area contributed by atoms with Crippen LogP contribution in [0.2, 0.25) is 0 Å². The predicted molar refractivity (Wildman–Crippen MR) is 82.8 cm³/mol. The van der Waals surface area contributed by atoms with E-state index in [1.54, 1.807) is 18.4 Å². The summed E-state index contributed by atoms with van der Waals surface area (Å²) < 4.78 is 5.79. The predicted octanol–water partition coefficient (Wildman–Crippen LogP) is 1.97. The molecule has 5 nitrogen and oxygen atoms in total. The van der Waals surface area contributed by atoms with Crippen LogP contribution >= 0.6 is 11.3 Å². The van der Waals surface area contributed by atoms with Gasteiger partial charge in [0.1, 0.15) is 5.75 Å². The Morgan fingerprint density at radius 2 is 2.33 bits per heavy atom. The molecule has 0 spiro atoms. The highest BCUT2D eigenvalue weighted by molar-refractivity contribution is 7.11. The molecular weight excluding hydrogens is 286 g/mol. The van der Waals surface area contributed by atoms with Gasteiger partial charge in [-0.15, -0.1) is 11.3 Å². The van der Waals surface area contributed by atoms with E-state index in [4.69, 9.17) is 4.74 Å². The van der Waals surface area contributed by atoms with Gasteiger partial charge in [0.25, 0.3) is 5.91 Å². The Bertz CT molecular complexity index is 656. The summed E-state index contributed by atoms with van der Waals surface area (Å²) in [5, 5.41) is 3.70. The monoisotopic (exact) mass is 303 g/mol. The molecule has 0 fully saturated rings. The summed E-state index contributed by atoms with van der Waals surface area (Å²) in [5.74, 6) is 0.647. The molecule has 6 heteroatoms. The lowest BCUT2D eigenvalue weighted by Gasteiger charge is -2.35. The highest BCUT2D eigenvalue weighted by Crippen LogP contribution is 2.34. The van der Waals surface area contributed by atoms with E-state index in [9.17, 15) is 4.79 Å². The first kappa shape index (κ1) is 13.9. The van der Waals surface area contributed by atoms with E-state index in [0.29, 0.717) is 6.54 Å². The lowest BCUT2D eigenvalue weighted by molar-refractivity contribution is -0.127. The Morgan fingerprint density at radius 1 is 1.52 bits per heavy atom. The summed E-state index contributed by atoms with van der Waals surface area (Å²) >= 11 is 1.68. The molecule has 0 unspecified atom stereocenters. The maximum atomic E-state index is 11.9. The van der Waals surface area contributed by atoms with Gasteiger partial charge < -0.3 is 15.0 Å². The standard InChI is InChI=1S/C15H17N3O2S/c1-10-17-7-11(21-10)8-18-9-14(15(19)16-2)20-13-6-4-3-5-12(13)18/h3-7,14H,8-9H2,1-2H3,(H,16,19)/t14-/m1/s1. The molecule has 1 amide bonds. The maximum Gasteiger partial charge on any atom is 0.262 e. The molecule has 0 aliphatic carbocycles. The molecule has 1 atom stereocenters. The number of thiazole rings is 1. The number of anilines is 1. The Labute approximate surface area is 127 Å². The van der Waals surface area contributed by atoms with Gasteiger partial charge in [0, 0.05) is 18.1 Å². The smallest absolute Gasteiger partial charge is 0.262 e. The minimum atomic E-state index is -0.487. The van der Waals surface area contributed by atoms with E-state index < -0.39 is 6.10 Å². The number of carbonyl (C=O) groups is 1. The zero-order valence-electron chi connectivity index (χ0n) is 12.0. The van der Waals surface area contributed by atoms with Crippen molar-refractivity contribution in [2.24, 2.45) is 0 Å². The Morgan fingerprint density at radius 3 is 3.05 bits per heavy atom. The van der Waals surface area contributed by atoms with Crippen LogP contribution in [-0.2, 0) is 11.3 Å². The normalized spacial score (nSPS) is 17.0. The molecule has 3 rings (SSSR count). The van der Waals surface area contributed by atoms with E-state index >= 15 is 0 Å². The number of aryl methyl sites for hydroxylation is 1. The largest absolute Gasteiger partial charge is 0.477 e. The molecule has 110 valence electrons. The number of hydrogen-bond donors (Lipinski definition) is 1. The second-order valence-corrected chi connectivity index (χ2v) is 6.23. The second-order valence-electron chi connectivity index (χ2n) is 4.91. The van der Waals surface area contributed by atoms with Crippen LogP contribution in [0.4, 0.5) is 5.69 Å². The number of aromatic nitrogens is 1. The Balaban J connectivity index is 1.88. The Kier molecular flexibility index (Phi) is 3.79. The number of benzene rings is 1. The first-order chi connectivity index (χ1) is 10.2. The highest BCUT2D eigenvalue weighted by Gasteiger charge is 2.30. The van der Waals surface area contributed by atoms with Gasteiger partial charge in [-0.2, -0.15) is 0 Å². The average molecular weight is 303 g/mol. The van der Waals surface area contributed by atoms with Gasteiger partial charge in [-0.3, -0.25) is 4.79 Å². The van der Waals surface area contributed by atoms with Crippen molar-refractivity contribution in [1.82, 2.24) is 10.3 Å². The SMILES string of the molecule is CNC(=O)[C@H]1CN(Cc2cnc(C)s2)c2ccccc2O1. The van der Waals surface area contributed by atoms with Crippen LogP contribution in [0.15, 0.2) is 30.5 Å². The lowest BCUT2D eigenvalue weighted by Crippen LogP contribution is -2.47. The zero-order chi connectivity index (χ0) is 14.8. The number of likely N-dealkylation sites (N-methyl/N-ethyl adjacent to an activating group) is 1. The third-order valence-electron chi connectivity index (χ3n) is 3.42. The molecule has 1 aliphatic heterocycles. The molecule has 0 saturated carbocycles. The molecule has 1 aliphatic rings. The zero-order valence-corrected chi connectivity index (χ0v) is 12.8. The van der Waals surface area contributed by atoms with Crippen molar-refractivity contribution in [3.63, 3.8) is 0 Å². The van der Waals surface area contributed by atoms with Crippen molar-refractivity contribution in [2.45, 2.75) is 19.6 Å². The molecule has 21 heavy (non-hydrogen) atoms. The fourth-order valence-corrected chi connectivity index (χ4v) is 3.23. The van der Waals surface area contributed by atoms with Crippen LogP contribution in [0.3, 0.4) is 0 Å². The third kappa shape index (κ3) is 2.85. The molecular formula is C15H17N3O2S. The van der Waals surface area contributed by atoms with Crippen molar-refractivity contribution in [1.29, 1.82) is 0 Å². The lowest BCUT2D eigenvalue weighted by atomic mass is 10.1. The molecule has 1 aromatic heterocycles. The van der Waals surface area contributed by atoms with Gasteiger partial charge in [-0.25, -0.2) is 4.98 Å². The number of nitrogens with zero attached hydrogens (tertiary/aromatic N) is 2. The molecule has 1 N–H and O–H groups in total. The summed E-state index contributed by atoms with van der Waals surface area (Å²) in [6, 6.07) is 7.81. The van der Waals surface area contributed by atoms with Crippen LogP contribution in [-0.4, -0.2) is 30.6 Å². The van der Waals surface area contributed by atoms with E-state index in [1.807, 2.05) is 37.4 Å². The average Bonchev–Trinajstić information content (AvgIpc) is 2.91. The van der Waals surface area contributed by atoms with E-state index in [0.717, 1.165) is 23.0 Å². The van der Waals surface area contributed by atoms with E-state index in [2.05, 4.69) is 15.2 Å². The van der Waals surface area contributed by atoms with Gasteiger partial charge >= 0.3 is 0 Å². The fourth-order valence-electron chi connectivity index (χ4n) is 2.42. The van der Waals surface area contributed by atoms with Crippen LogP contribution in [0.1, 0.15) is 9.88 Å². The number of nitrogens with one attached hydrogen (secondary N) is 1. The minimum Gasteiger partial charge on any atom is -0.477 e. The van der Waals surface area contributed by atoms with E-state index in [-0.39, 0.29) is 5.91 Å². The van der Waals surface area contributed by atoms with Crippen LogP contribution in [0, 0.1) is 6.92 Å². The number of hydrogen-bond acceptors (Lipinski definition) is 5. The Hall–Kier alpha value is -2.08. The minimum absolute atomic E-state index is 0.102. The molecule has 1 aromatic carbocycles. The van der Waals surface area contributed by atoms with Crippen molar-refractivity contribution >= 4 is 22.9 Å². The number of amides is 1. The molecule has 2 heterocycles. The van der Waals surface area contributed by atoms with Gasteiger partial charge in [-0.05, 0) is 19.1 Å². The summed E-state index contributed by atoms with van der Waals surface area (Å²) in [7, 11) is 1.63. The first-order valence-electron chi connectivity index (χ1n) is 6.81. The van der Waals surface area contributed by atoms with Crippen molar-refractivity contribution in [3.8, 4) is 5.75 Å².